The van der Waals surface area contributed by atoms with Crippen molar-refractivity contribution in [2.45, 2.75) is 43.4 Å². The minimum absolute atomic E-state index is 0.0454. The van der Waals surface area contributed by atoms with Gasteiger partial charge < -0.3 is 24.4 Å². The molecule has 1 aliphatic heterocycles. The molecule has 2 aromatic heterocycles. The van der Waals surface area contributed by atoms with Gasteiger partial charge in [-0.2, -0.15) is 10.5 Å². The standard InChI is InChI=1S/C30H26ClN5O4S/c1-17-25(35-28(39-17)19-4-8-20(31)9-5-19)16-41-29-24(13-33)26(23(12-32)27(34)36-29)18-6-10-21(11-7-18)37-14-22-15-38-30(2,3)40-22/h4-11,22H,14-16H2,1-3H3,(H2,34,36)/t22-/m1/s1. The molecule has 1 atom stereocenters. The van der Waals surface area contributed by atoms with E-state index in [1.54, 1.807) is 36.4 Å². The second-order valence-corrected chi connectivity index (χ2v) is 11.2. The Morgan fingerprint density at radius 1 is 1.05 bits per heavy atom. The molecule has 41 heavy (non-hydrogen) atoms. The number of pyridine rings is 1. The fourth-order valence-electron chi connectivity index (χ4n) is 4.36. The molecule has 0 radical (unpaired) electrons. The van der Waals surface area contributed by atoms with Crippen molar-refractivity contribution in [2.75, 3.05) is 18.9 Å². The Kier molecular flexibility index (Phi) is 8.20. The first-order chi connectivity index (χ1) is 19.7. The smallest absolute Gasteiger partial charge is 0.226 e. The maximum absolute atomic E-state index is 10.2. The van der Waals surface area contributed by atoms with Gasteiger partial charge in [-0.05, 0) is 62.7 Å². The van der Waals surface area contributed by atoms with Gasteiger partial charge in [0.15, 0.2) is 5.79 Å². The van der Waals surface area contributed by atoms with Crippen LogP contribution in [-0.4, -0.2) is 35.1 Å². The number of benzene rings is 2. The molecule has 0 spiro atoms. The fraction of sp³-hybridized carbons (Fsp3) is 0.267. The van der Waals surface area contributed by atoms with Crippen LogP contribution in [0.25, 0.3) is 22.6 Å². The number of hydrogen-bond donors (Lipinski definition) is 1. The molecular formula is C30H26ClN5O4S. The van der Waals surface area contributed by atoms with Crippen LogP contribution in [0.1, 0.15) is 36.4 Å². The van der Waals surface area contributed by atoms with Crippen molar-refractivity contribution in [2.24, 2.45) is 0 Å². The van der Waals surface area contributed by atoms with Gasteiger partial charge >= 0.3 is 0 Å². The summed E-state index contributed by atoms with van der Waals surface area (Å²) in [5.41, 5.74) is 9.17. The monoisotopic (exact) mass is 587 g/mol. The average Bonchev–Trinajstić information content (AvgIpc) is 3.51. The topological polar surface area (TPSA) is 140 Å². The third kappa shape index (κ3) is 6.32. The predicted molar refractivity (Wildman–Crippen MR) is 155 cm³/mol. The molecular weight excluding hydrogens is 562 g/mol. The molecule has 9 nitrogen and oxygen atoms in total. The third-order valence-electron chi connectivity index (χ3n) is 6.39. The summed E-state index contributed by atoms with van der Waals surface area (Å²) in [5.74, 6) is 1.55. The van der Waals surface area contributed by atoms with E-state index < -0.39 is 5.79 Å². The summed E-state index contributed by atoms with van der Waals surface area (Å²) in [5, 5.41) is 21.1. The number of nitrogens with zero attached hydrogens (tertiary/aromatic N) is 4. The zero-order valence-electron chi connectivity index (χ0n) is 22.6. The van der Waals surface area contributed by atoms with Crippen LogP contribution in [0, 0.1) is 29.6 Å². The Bertz CT molecular complexity index is 1660. The zero-order valence-corrected chi connectivity index (χ0v) is 24.2. The molecule has 0 bridgehead atoms. The molecule has 5 rings (SSSR count). The lowest BCUT2D eigenvalue weighted by molar-refractivity contribution is -0.141. The van der Waals surface area contributed by atoms with Gasteiger partial charge in [-0.1, -0.05) is 35.5 Å². The lowest BCUT2D eigenvalue weighted by Gasteiger charge is -2.17. The van der Waals surface area contributed by atoms with E-state index in [9.17, 15) is 10.5 Å². The summed E-state index contributed by atoms with van der Waals surface area (Å²) in [4.78, 5) is 9.02. The fourth-order valence-corrected chi connectivity index (χ4v) is 5.48. The van der Waals surface area contributed by atoms with Crippen LogP contribution in [0.15, 0.2) is 58.0 Å². The number of hydrogen-bond acceptors (Lipinski definition) is 10. The quantitative estimate of drug-likeness (QED) is 0.227. The highest BCUT2D eigenvalue weighted by Crippen LogP contribution is 2.38. The lowest BCUT2D eigenvalue weighted by atomic mass is 9.97. The molecule has 0 saturated carbocycles. The largest absolute Gasteiger partial charge is 0.491 e. The summed E-state index contributed by atoms with van der Waals surface area (Å²) < 4.78 is 23.1. The normalized spacial score (nSPS) is 15.8. The minimum atomic E-state index is -0.623. The molecule has 0 amide bonds. The van der Waals surface area contributed by atoms with Crippen molar-refractivity contribution in [3.05, 3.63) is 76.1 Å². The highest BCUT2D eigenvalue weighted by Gasteiger charge is 2.33. The molecule has 2 N–H and O–H groups in total. The summed E-state index contributed by atoms with van der Waals surface area (Å²) in [6.07, 6.45) is -0.171. The van der Waals surface area contributed by atoms with Crippen LogP contribution in [0.3, 0.4) is 0 Å². The lowest BCUT2D eigenvalue weighted by Crippen LogP contribution is -2.25. The van der Waals surface area contributed by atoms with Crippen molar-refractivity contribution < 1.29 is 18.6 Å². The molecule has 3 heterocycles. The van der Waals surface area contributed by atoms with Crippen molar-refractivity contribution in [3.63, 3.8) is 0 Å². The SMILES string of the molecule is Cc1oc(-c2ccc(Cl)cc2)nc1CSc1nc(N)c(C#N)c(-c2ccc(OC[C@@H]3COC(C)(C)O3)cc2)c1C#N. The number of aryl methyl sites for hydroxylation is 1. The van der Waals surface area contributed by atoms with E-state index in [-0.39, 0.29) is 23.0 Å². The molecule has 0 unspecified atom stereocenters. The zero-order chi connectivity index (χ0) is 29.1. The molecule has 1 fully saturated rings. The molecule has 2 aromatic carbocycles. The molecule has 4 aromatic rings. The van der Waals surface area contributed by atoms with E-state index in [1.165, 1.54) is 11.8 Å². The Hall–Kier alpha value is -4.06. The van der Waals surface area contributed by atoms with E-state index >= 15 is 0 Å². The van der Waals surface area contributed by atoms with Crippen molar-refractivity contribution in [1.82, 2.24) is 9.97 Å². The highest BCUT2D eigenvalue weighted by atomic mass is 35.5. The van der Waals surface area contributed by atoms with Gasteiger partial charge in [-0.15, -0.1) is 0 Å². The van der Waals surface area contributed by atoms with Gasteiger partial charge in [0.2, 0.25) is 5.89 Å². The van der Waals surface area contributed by atoms with Gasteiger partial charge in [0.25, 0.3) is 0 Å². The van der Waals surface area contributed by atoms with Gasteiger partial charge in [-0.3, -0.25) is 0 Å². The molecule has 208 valence electrons. The van der Waals surface area contributed by atoms with Crippen LogP contribution in [-0.2, 0) is 15.2 Å². The number of oxazole rings is 1. The van der Waals surface area contributed by atoms with Crippen LogP contribution >= 0.6 is 23.4 Å². The van der Waals surface area contributed by atoms with Crippen molar-refractivity contribution in [1.29, 1.82) is 10.5 Å². The van der Waals surface area contributed by atoms with E-state index in [1.807, 2.05) is 32.9 Å². The Balaban J connectivity index is 1.37. The number of aromatic nitrogens is 2. The van der Waals surface area contributed by atoms with Crippen molar-refractivity contribution >= 4 is 29.2 Å². The Labute approximate surface area is 246 Å². The van der Waals surface area contributed by atoms with Gasteiger partial charge in [-0.25, -0.2) is 9.97 Å². The minimum Gasteiger partial charge on any atom is -0.491 e. The molecule has 1 aliphatic rings. The van der Waals surface area contributed by atoms with Crippen LogP contribution in [0.5, 0.6) is 5.75 Å². The van der Waals surface area contributed by atoms with Crippen molar-refractivity contribution in [3.8, 4) is 40.5 Å². The number of nitriles is 2. The van der Waals surface area contributed by atoms with Gasteiger partial charge in [0.1, 0.15) is 52.8 Å². The second-order valence-electron chi connectivity index (χ2n) is 9.75. The number of thioether (sulfide) groups is 1. The number of nitrogen functional groups attached to an aromatic ring is 1. The van der Waals surface area contributed by atoms with Crippen LogP contribution < -0.4 is 10.5 Å². The van der Waals surface area contributed by atoms with Gasteiger partial charge in [0.05, 0.1) is 17.9 Å². The molecule has 0 aliphatic carbocycles. The summed E-state index contributed by atoms with van der Waals surface area (Å²) in [7, 11) is 0. The maximum atomic E-state index is 10.2. The van der Waals surface area contributed by atoms with E-state index in [4.69, 9.17) is 36.0 Å². The van der Waals surface area contributed by atoms with Gasteiger partial charge in [0, 0.05) is 21.9 Å². The average molecular weight is 588 g/mol. The Morgan fingerprint density at radius 3 is 2.37 bits per heavy atom. The Morgan fingerprint density at radius 2 is 1.73 bits per heavy atom. The summed E-state index contributed by atoms with van der Waals surface area (Å²) in [6.45, 7) is 6.34. The van der Waals surface area contributed by atoms with E-state index in [2.05, 4.69) is 22.1 Å². The van der Waals surface area contributed by atoms with E-state index in [0.717, 1.165) is 5.56 Å². The predicted octanol–water partition coefficient (Wildman–Crippen LogP) is 6.51. The first-order valence-electron chi connectivity index (χ1n) is 12.7. The number of halogens is 1. The molecule has 1 saturated heterocycles. The third-order valence-corrected chi connectivity index (χ3v) is 7.63. The number of anilines is 1. The van der Waals surface area contributed by atoms with Crippen LogP contribution in [0.2, 0.25) is 5.02 Å². The van der Waals surface area contributed by atoms with Crippen LogP contribution in [0.4, 0.5) is 5.82 Å². The summed E-state index contributed by atoms with van der Waals surface area (Å²) >= 11 is 7.29. The number of rotatable bonds is 8. The number of nitrogens with two attached hydrogens (primary N) is 1. The summed E-state index contributed by atoms with van der Waals surface area (Å²) in [6, 6.07) is 18.7. The maximum Gasteiger partial charge on any atom is 0.226 e. The number of ether oxygens (including phenoxy) is 3. The highest BCUT2D eigenvalue weighted by molar-refractivity contribution is 7.98. The molecule has 11 heteroatoms. The first kappa shape index (κ1) is 28.5. The first-order valence-corrected chi connectivity index (χ1v) is 14.1. The second kappa shape index (κ2) is 11.8. The van der Waals surface area contributed by atoms with E-state index in [0.29, 0.717) is 63.2 Å².